The van der Waals surface area contributed by atoms with Crippen molar-refractivity contribution in [2.75, 3.05) is 13.2 Å². The van der Waals surface area contributed by atoms with Gasteiger partial charge in [-0.05, 0) is 23.8 Å². The van der Waals surface area contributed by atoms with Crippen LogP contribution in [0.5, 0.6) is 5.75 Å². The molecule has 3 aromatic carbocycles. The predicted molar refractivity (Wildman–Crippen MR) is 116 cm³/mol. The number of halogens is 1. The van der Waals surface area contributed by atoms with Crippen LogP contribution in [0.1, 0.15) is 10.4 Å². The number of ketones is 1. The summed E-state index contributed by atoms with van der Waals surface area (Å²) in [6, 6.07) is 22.9. The number of esters is 1. The number of carbonyl (C=O) groups excluding carboxylic acids is 2. The average molecular weight is 417 g/mol. The number of carbonyl (C=O) groups is 2. The van der Waals surface area contributed by atoms with Gasteiger partial charge in [-0.15, -0.1) is 0 Å². The minimum atomic E-state index is -0.752. The van der Waals surface area contributed by atoms with Crippen molar-refractivity contribution in [2.24, 2.45) is 7.05 Å². The first-order valence-electron chi connectivity index (χ1n) is 9.75. The van der Waals surface area contributed by atoms with Gasteiger partial charge in [-0.1, -0.05) is 60.7 Å². The minimum Gasteiger partial charge on any atom is -0.479 e. The Balaban J connectivity index is 1.54. The van der Waals surface area contributed by atoms with Gasteiger partial charge < -0.3 is 14.0 Å². The summed E-state index contributed by atoms with van der Waals surface area (Å²) >= 11 is 0. The Bertz CT molecular complexity index is 1250. The van der Waals surface area contributed by atoms with Crippen LogP contribution in [0.15, 0.2) is 78.9 Å². The molecule has 6 heteroatoms. The normalized spacial score (nSPS) is 10.8. The molecule has 0 unspecified atom stereocenters. The first kappa shape index (κ1) is 20.3. The average Bonchev–Trinajstić information content (AvgIpc) is 3.10. The van der Waals surface area contributed by atoms with Gasteiger partial charge in [-0.2, -0.15) is 0 Å². The summed E-state index contributed by atoms with van der Waals surface area (Å²) in [6.07, 6.45) is 0. The van der Waals surface area contributed by atoms with Gasteiger partial charge in [-0.3, -0.25) is 4.79 Å². The highest BCUT2D eigenvalue weighted by Gasteiger charge is 2.23. The monoisotopic (exact) mass is 417 g/mol. The van der Waals surface area contributed by atoms with Crippen molar-refractivity contribution in [3.05, 3.63) is 90.2 Å². The van der Waals surface area contributed by atoms with Crippen molar-refractivity contribution < 1.29 is 23.5 Å². The standard InChI is InChI=1S/C25H20FNO4/c1-27-20-13-7-5-11-18(20)24(25(27)17-9-3-2-4-10-17)21(28)15-31-23(29)16-30-22-14-8-6-12-19(22)26/h2-14H,15-16H2,1H3. The Morgan fingerprint density at radius 2 is 1.55 bits per heavy atom. The van der Waals surface area contributed by atoms with Crippen LogP contribution in [0.3, 0.4) is 0 Å². The van der Waals surface area contributed by atoms with E-state index >= 15 is 0 Å². The topological polar surface area (TPSA) is 57.5 Å². The van der Waals surface area contributed by atoms with Crippen LogP contribution < -0.4 is 4.74 Å². The van der Waals surface area contributed by atoms with Gasteiger partial charge in [-0.25, -0.2) is 9.18 Å². The number of para-hydroxylation sites is 2. The first-order chi connectivity index (χ1) is 15.1. The van der Waals surface area contributed by atoms with E-state index in [9.17, 15) is 14.0 Å². The Morgan fingerprint density at radius 3 is 2.32 bits per heavy atom. The lowest BCUT2D eigenvalue weighted by molar-refractivity contribution is -0.144. The Morgan fingerprint density at radius 1 is 0.871 bits per heavy atom. The van der Waals surface area contributed by atoms with E-state index in [1.807, 2.05) is 66.2 Å². The number of benzene rings is 3. The minimum absolute atomic E-state index is 0.0498. The molecular weight excluding hydrogens is 397 g/mol. The summed E-state index contributed by atoms with van der Waals surface area (Å²) in [5, 5.41) is 0.785. The van der Waals surface area contributed by atoms with Crippen molar-refractivity contribution in [3.8, 4) is 17.0 Å². The van der Waals surface area contributed by atoms with Crippen molar-refractivity contribution in [2.45, 2.75) is 0 Å². The highest BCUT2D eigenvalue weighted by molar-refractivity contribution is 6.14. The zero-order valence-corrected chi connectivity index (χ0v) is 16.9. The summed E-state index contributed by atoms with van der Waals surface area (Å²) in [5.74, 6) is -1.70. The van der Waals surface area contributed by atoms with Crippen LogP contribution in [0.4, 0.5) is 4.39 Å². The van der Waals surface area contributed by atoms with Gasteiger partial charge >= 0.3 is 5.97 Å². The molecule has 1 heterocycles. The van der Waals surface area contributed by atoms with E-state index in [4.69, 9.17) is 9.47 Å². The van der Waals surface area contributed by atoms with Crippen LogP contribution in [-0.2, 0) is 16.6 Å². The maximum Gasteiger partial charge on any atom is 0.344 e. The first-order valence-corrected chi connectivity index (χ1v) is 9.75. The smallest absolute Gasteiger partial charge is 0.344 e. The van der Waals surface area contributed by atoms with E-state index in [0.717, 1.165) is 22.2 Å². The van der Waals surface area contributed by atoms with E-state index in [-0.39, 0.29) is 11.5 Å². The molecule has 0 aliphatic carbocycles. The molecular formula is C25H20FNO4. The van der Waals surface area contributed by atoms with Crippen molar-refractivity contribution in [3.63, 3.8) is 0 Å². The highest BCUT2D eigenvalue weighted by atomic mass is 19.1. The van der Waals surface area contributed by atoms with Crippen LogP contribution in [0, 0.1) is 5.82 Å². The summed E-state index contributed by atoms with van der Waals surface area (Å²) in [7, 11) is 1.90. The molecule has 1 aromatic heterocycles. The SMILES string of the molecule is Cn1c(-c2ccccc2)c(C(=O)COC(=O)COc2ccccc2F)c2ccccc21. The lowest BCUT2D eigenvalue weighted by atomic mass is 10.0. The quantitative estimate of drug-likeness (QED) is 0.321. The molecule has 31 heavy (non-hydrogen) atoms. The molecule has 0 spiro atoms. The lowest BCUT2D eigenvalue weighted by Crippen LogP contribution is -2.20. The van der Waals surface area contributed by atoms with Crippen LogP contribution >= 0.6 is 0 Å². The number of aromatic nitrogens is 1. The van der Waals surface area contributed by atoms with Crippen molar-refractivity contribution in [1.29, 1.82) is 0 Å². The number of ether oxygens (including phenoxy) is 2. The van der Waals surface area contributed by atoms with Crippen LogP contribution in [0.2, 0.25) is 0 Å². The number of Topliss-reactive ketones (excluding diaryl/α,β-unsaturated/α-hetero) is 1. The Hall–Kier alpha value is -3.93. The Labute approximate surface area is 178 Å². The molecule has 0 fully saturated rings. The van der Waals surface area contributed by atoms with Crippen LogP contribution in [-0.4, -0.2) is 29.5 Å². The molecule has 0 bridgehead atoms. The van der Waals surface area contributed by atoms with Gasteiger partial charge in [0.05, 0.1) is 11.3 Å². The fourth-order valence-electron chi connectivity index (χ4n) is 3.57. The van der Waals surface area contributed by atoms with Crippen LogP contribution in [0.25, 0.3) is 22.2 Å². The number of hydrogen-bond acceptors (Lipinski definition) is 4. The van der Waals surface area contributed by atoms with Gasteiger partial charge in [0.25, 0.3) is 0 Å². The van der Waals surface area contributed by atoms with Gasteiger partial charge in [0.1, 0.15) is 0 Å². The second kappa shape index (κ2) is 8.83. The number of rotatable bonds is 7. The highest BCUT2D eigenvalue weighted by Crippen LogP contribution is 2.33. The molecule has 0 saturated heterocycles. The molecule has 0 aliphatic rings. The molecule has 5 nitrogen and oxygen atoms in total. The molecule has 4 rings (SSSR count). The summed E-state index contributed by atoms with van der Waals surface area (Å²) in [6.45, 7) is -0.928. The van der Waals surface area contributed by atoms with Crippen molar-refractivity contribution >= 4 is 22.7 Å². The summed E-state index contributed by atoms with van der Waals surface area (Å²) in [4.78, 5) is 25.2. The third-order valence-corrected chi connectivity index (χ3v) is 4.98. The molecule has 0 aliphatic heterocycles. The fourth-order valence-corrected chi connectivity index (χ4v) is 3.57. The summed E-state index contributed by atoms with van der Waals surface area (Å²) < 4.78 is 25.8. The second-order valence-corrected chi connectivity index (χ2v) is 6.97. The number of hydrogen-bond donors (Lipinski definition) is 0. The lowest BCUT2D eigenvalue weighted by Gasteiger charge is -2.09. The van der Waals surface area contributed by atoms with E-state index in [2.05, 4.69) is 0 Å². The predicted octanol–water partition coefficient (Wildman–Crippen LogP) is 4.79. The molecule has 0 N–H and O–H groups in total. The number of fused-ring (bicyclic) bond motifs is 1. The maximum absolute atomic E-state index is 13.6. The van der Waals surface area contributed by atoms with Gasteiger partial charge in [0, 0.05) is 18.0 Å². The summed E-state index contributed by atoms with van der Waals surface area (Å²) in [5.41, 5.74) is 3.04. The van der Waals surface area contributed by atoms with E-state index in [1.54, 1.807) is 6.07 Å². The zero-order chi connectivity index (χ0) is 21.8. The number of nitrogens with zero attached hydrogens (tertiary/aromatic N) is 1. The molecule has 0 saturated carbocycles. The third kappa shape index (κ3) is 4.19. The van der Waals surface area contributed by atoms with Gasteiger partial charge in [0.2, 0.25) is 5.78 Å². The maximum atomic E-state index is 13.6. The number of aryl methyl sites for hydroxylation is 1. The van der Waals surface area contributed by atoms with Gasteiger partial charge in [0.15, 0.2) is 24.8 Å². The zero-order valence-electron chi connectivity index (χ0n) is 16.9. The molecule has 0 amide bonds. The third-order valence-electron chi connectivity index (χ3n) is 4.98. The molecule has 0 radical (unpaired) electrons. The van der Waals surface area contributed by atoms with E-state index < -0.39 is 25.0 Å². The fraction of sp³-hybridized carbons (Fsp3) is 0.120. The second-order valence-electron chi connectivity index (χ2n) is 6.97. The van der Waals surface area contributed by atoms with E-state index in [0.29, 0.717) is 5.56 Å². The Kier molecular flexibility index (Phi) is 5.80. The van der Waals surface area contributed by atoms with E-state index in [1.165, 1.54) is 18.2 Å². The molecule has 156 valence electrons. The molecule has 0 atom stereocenters. The van der Waals surface area contributed by atoms with Crippen molar-refractivity contribution in [1.82, 2.24) is 4.57 Å². The largest absolute Gasteiger partial charge is 0.479 e. The molecule has 4 aromatic rings.